The summed E-state index contributed by atoms with van der Waals surface area (Å²) in [7, 11) is 0. The quantitative estimate of drug-likeness (QED) is 0.414. The molecule has 26 heavy (non-hydrogen) atoms. The molecular formula is C20H34N4OS. The van der Waals surface area contributed by atoms with Gasteiger partial charge in [0.25, 0.3) is 0 Å². The molecule has 1 aliphatic rings. The first-order valence-electron chi connectivity index (χ1n) is 9.61. The molecule has 0 aromatic heterocycles. The van der Waals surface area contributed by atoms with E-state index in [0.717, 1.165) is 45.4 Å². The normalized spacial score (nSPS) is 17.3. The lowest BCUT2D eigenvalue weighted by Gasteiger charge is -2.37. The van der Waals surface area contributed by atoms with E-state index in [1.807, 2.05) is 0 Å². The van der Waals surface area contributed by atoms with Crippen LogP contribution in [0.5, 0.6) is 0 Å². The molecule has 6 heteroatoms. The largest absolute Gasteiger partial charge is 0.379 e. The third-order valence-corrected chi connectivity index (χ3v) is 5.43. The Morgan fingerprint density at radius 1 is 1.19 bits per heavy atom. The number of hydrogen-bond acceptors (Lipinski definition) is 4. The summed E-state index contributed by atoms with van der Waals surface area (Å²) in [6.45, 7) is 12.8. The third-order valence-electron chi connectivity index (χ3n) is 4.69. The maximum Gasteiger partial charge on any atom is 0.191 e. The number of rotatable bonds is 8. The van der Waals surface area contributed by atoms with Crippen molar-refractivity contribution >= 4 is 17.7 Å². The monoisotopic (exact) mass is 378 g/mol. The SMILES string of the molecule is CCNC(=NCc1ccc(SC)cc1)NCC(C(C)C)N1CCOCC1. The minimum atomic E-state index is 0.489. The van der Waals surface area contributed by atoms with E-state index in [-0.39, 0.29) is 0 Å². The number of ether oxygens (including phenoxy) is 1. The Balaban J connectivity index is 1.93. The summed E-state index contributed by atoms with van der Waals surface area (Å²) in [6, 6.07) is 9.11. The Labute approximate surface area is 163 Å². The van der Waals surface area contributed by atoms with Gasteiger partial charge in [0.1, 0.15) is 0 Å². The molecule has 0 bridgehead atoms. The Bertz CT molecular complexity index is 541. The summed E-state index contributed by atoms with van der Waals surface area (Å²) in [5.74, 6) is 1.47. The lowest BCUT2D eigenvalue weighted by Crippen LogP contribution is -2.52. The van der Waals surface area contributed by atoms with Gasteiger partial charge in [0.15, 0.2) is 5.96 Å². The van der Waals surface area contributed by atoms with Gasteiger partial charge in [-0.15, -0.1) is 11.8 Å². The van der Waals surface area contributed by atoms with Crippen LogP contribution in [-0.4, -0.2) is 62.5 Å². The van der Waals surface area contributed by atoms with Gasteiger partial charge in [-0.05, 0) is 36.8 Å². The predicted molar refractivity (Wildman–Crippen MR) is 112 cm³/mol. The lowest BCUT2D eigenvalue weighted by molar-refractivity contribution is 0.00752. The van der Waals surface area contributed by atoms with Crippen molar-refractivity contribution in [2.24, 2.45) is 10.9 Å². The van der Waals surface area contributed by atoms with Crippen LogP contribution in [0, 0.1) is 5.92 Å². The maximum atomic E-state index is 5.50. The molecule has 2 N–H and O–H groups in total. The second-order valence-corrected chi connectivity index (χ2v) is 7.76. The molecule has 1 aromatic rings. The van der Waals surface area contributed by atoms with Gasteiger partial charge in [0, 0.05) is 37.1 Å². The van der Waals surface area contributed by atoms with Crippen LogP contribution in [0.25, 0.3) is 0 Å². The Hall–Kier alpha value is -1.24. The fraction of sp³-hybridized carbons (Fsp3) is 0.650. The number of thioether (sulfide) groups is 1. The molecule has 0 radical (unpaired) electrons. The lowest BCUT2D eigenvalue weighted by atomic mass is 10.0. The molecule has 0 amide bonds. The van der Waals surface area contributed by atoms with Gasteiger partial charge in [0.2, 0.25) is 0 Å². The first kappa shape index (κ1) is 21.1. The van der Waals surface area contributed by atoms with Crippen LogP contribution < -0.4 is 10.6 Å². The van der Waals surface area contributed by atoms with E-state index in [1.54, 1.807) is 11.8 Å². The summed E-state index contributed by atoms with van der Waals surface area (Å²) < 4.78 is 5.50. The van der Waals surface area contributed by atoms with Gasteiger partial charge in [-0.3, -0.25) is 4.90 Å². The highest BCUT2D eigenvalue weighted by atomic mass is 32.2. The topological polar surface area (TPSA) is 48.9 Å². The van der Waals surface area contributed by atoms with Gasteiger partial charge in [0.05, 0.1) is 19.8 Å². The van der Waals surface area contributed by atoms with Crippen LogP contribution in [0.1, 0.15) is 26.3 Å². The highest BCUT2D eigenvalue weighted by Crippen LogP contribution is 2.15. The molecule has 1 atom stereocenters. The molecule has 1 heterocycles. The average Bonchev–Trinajstić information content (AvgIpc) is 2.67. The van der Waals surface area contributed by atoms with Crippen LogP contribution in [0.4, 0.5) is 0 Å². The number of aliphatic imine (C=N–C) groups is 1. The smallest absolute Gasteiger partial charge is 0.191 e. The molecule has 2 rings (SSSR count). The molecule has 0 saturated carbocycles. The van der Waals surface area contributed by atoms with Gasteiger partial charge in [-0.25, -0.2) is 4.99 Å². The van der Waals surface area contributed by atoms with Crippen LogP contribution >= 0.6 is 11.8 Å². The molecule has 1 aromatic carbocycles. The molecule has 1 unspecified atom stereocenters. The van der Waals surface area contributed by atoms with Crippen LogP contribution in [0.15, 0.2) is 34.2 Å². The van der Waals surface area contributed by atoms with Crippen molar-refractivity contribution < 1.29 is 4.74 Å². The molecule has 0 aliphatic carbocycles. The number of guanidine groups is 1. The van der Waals surface area contributed by atoms with E-state index in [9.17, 15) is 0 Å². The van der Waals surface area contributed by atoms with Gasteiger partial charge < -0.3 is 15.4 Å². The summed E-state index contributed by atoms with van der Waals surface area (Å²) in [4.78, 5) is 8.58. The molecule has 1 aliphatic heterocycles. The fourth-order valence-electron chi connectivity index (χ4n) is 3.14. The van der Waals surface area contributed by atoms with Crippen molar-refractivity contribution in [2.45, 2.75) is 38.3 Å². The van der Waals surface area contributed by atoms with E-state index in [4.69, 9.17) is 9.73 Å². The number of benzene rings is 1. The molecule has 1 fully saturated rings. The highest BCUT2D eigenvalue weighted by Gasteiger charge is 2.23. The van der Waals surface area contributed by atoms with Crippen LogP contribution in [0.2, 0.25) is 0 Å². The predicted octanol–water partition coefficient (Wildman–Crippen LogP) is 2.82. The second kappa shape index (κ2) is 11.5. The zero-order chi connectivity index (χ0) is 18.8. The first-order chi connectivity index (χ1) is 12.6. The van der Waals surface area contributed by atoms with E-state index in [2.05, 4.69) is 66.8 Å². The zero-order valence-corrected chi connectivity index (χ0v) is 17.4. The summed E-state index contributed by atoms with van der Waals surface area (Å²) >= 11 is 1.76. The van der Waals surface area contributed by atoms with Gasteiger partial charge in [-0.1, -0.05) is 26.0 Å². The van der Waals surface area contributed by atoms with E-state index in [0.29, 0.717) is 18.5 Å². The van der Waals surface area contributed by atoms with Crippen molar-refractivity contribution in [1.29, 1.82) is 0 Å². The summed E-state index contributed by atoms with van der Waals surface area (Å²) in [5.41, 5.74) is 1.23. The van der Waals surface area contributed by atoms with Crippen molar-refractivity contribution in [3.8, 4) is 0 Å². The van der Waals surface area contributed by atoms with E-state index >= 15 is 0 Å². The fourth-order valence-corrected chi connectivity index (χ4v) is 3.55. The number of hydrogen-bond donors (Lipinski definition) is 2. The zero-order valence-electron chi connectivity index (χ0n) is 16.6. The highest BCUT2D eigenvalue weighted by molar-refractivity contribution is 7.98. The van der Waals surface area contributed by atoms with Crippen molar-refractivity contribution in [3.63, 3.8) is 0 Å². The molecule has 5 nitrogen and oxygen atoms in total. The minimum Gasteiger partial charge on any atom is -0.379 e. The Morgan fingerprint density at radius 2 is 1.88 bits per heavy atom. The van der Waals surface area contributed by atoms with Crippen LogP contribution in [0.3, 0.4) is 0 Å². The van der Waals surface area contributed by atoms with Crippen molar-refractivity contribution in [1.82, 2.24) is 15.5 Å². The third kappa shape index (κ3) is 6.82. The maximum absolute atomic E-state index is 5.50. The Kier molecular flexibility index (Phi) is 9.29. The molecule has 0 spiro atoms. The average molecular weight is 379 g/mol. The van der Waals surface area contributed by atoms with E-state index < -0.39 is 0 Å². The molecule has 1 saturated heterocycles. The summed E-state index contributed by atoms with van der Waals surface area (Å²) in [6.07, 6.45) is 2.10. The number of nitrogens with one attached hydrogen (secondary N) is 2. The minimum absolute atomic E-state index is 0.489. The van der Waals surface area contributed by atoms with Crippen molar-refractivity contribution in [2.75, 3.05) is 45.6 Å². The summed E-state index contributed by atoms with van der Waals surface area (Å²) in [5, 5.41) is 6.91. The second-order valence-electron chi connectivity index (χ2n) is 6.88. The van der Waals surface area contributed by atoms with Crippen molar-refractivity contribution in [3.05, 3.63) is 29.8 Å². The van der Waals surface area contributed by atoms with Crippen LogP contribution in [-0.2, 0) is 11.3 Å². The number of morpholine rings is 1. The molecule has 146 valence electrons. The number of nitrogens with zero attached hydrogens (tertiary/aromatic N) is 2. The first-order valence-corrected chi connectivity index (χ1v) is 10.8. The van der Waals surface area contributed by atoms with E-state index in [1.165, 1.54) is 10.5 Å². The van der Waals surface area contributed by atoms with Gasteiger partial charge in [-0.2, -0.15) is 0 Å². The van der Waals surface area contributed by atoms with Gasteiger partial charge >= 0.3 is 0 Å². The molecular weight excluding hydrogens is 344 g/mol. The Morgan fingerprint density at radius 3 is 2.46 bits per heavy atom. The standard InChI is InChI=1S/C20H34N4OS/c1-5-21-20(22-14-17-6-8-18(26-4)9-7-17)23-15-19(16(2)3)24-10-12-25-13-11-24/h6-9,16,19H,5,10-15H2,1-4H3,(H2,21,22,23).